The standard InChI is InChI=1S/C12H24N2/c1-14-9-7-10(6-8-13)11-4-2-3-5-12(11)14/h10-12H,2-9,13H2,1H3. The highest BCUT2D eigenvalue weighted by Gasteiger charge is 2.36. The molecular weight excluding hydrogens is 172 g/mol. The number of hydrogen-bond acceptors (Lipinski definition) is 2. The molecule has 1 saturated carbocycles. The summed E-state index contributed by atoms with van der Waals surface area (Å²) in [5, 5.41) is 0. The van der Waals surface area contributed by atoms with Crippen LogP contribution in [0, 0.1) is 11.8 Å². The van der Waals surface area contributed by atoms with Crippen molar-refractivity contribution in [3.05, 3.63) is 0 Å². The zero-order chi connectivity index (χ0) is 9.97. The highest BCUT2D eigenvalue weighted by atomic mass is 15.1. The van der Waals surface area contributed by atoms with Gasteiger partial charge in [0.25, 0.3) is 0 Å². The van der Waals surface area contributed by atoms with Crippen LogP contribution < -0.4 is 5.73 Å². The van der Waals surface area contributed by atoms with Crippen LogP contribution in [-0.2, 0) is 0 Å². The molecule has 2 fully saturated rings. The van der Waals surface area contributed by atoms with Crippen molar-refractivity contribution in [3.8, 4) is 0 Å². The van der Waals surface area contributed by atoms with Crippen LogP contribution in [-0.4, -0.2) is 31.1 Å². The first-order valence-electron chi connectivity index (χ1n) is 6.23. The molecule has 2 N–H and O–H groups in total. The molecule has 3 atom stereocenters. The van der Waals surface area contributed by atoms with Crippen LogP contribution in [0.3, 0.4) is 0 Å². The van der Waals surface area contributed by atoms with Crippen LogP contribution in [0.15, 0.2) is 0 Å². The van der Waals surface area contributed by atoms with Crippen LogP contribution in [0.2, 0.25) is 0 Å². The molecule has 0 amide bonds. The number of nitrogens with zero attached hydrogens (tertiary/aromatic N) is 1. The minimum absolute atomic E-state index is 0.883. The molecule has 82 valence electrons. The van der Waals surface area contributed by atoms with Crippen molar-refractivity contribution < 1.29 is 0 Å². The molecule has 0 aromatic carbocycles. The normalized spacial score (nSPS) is 39.4. The van der Waals surface area contributed by atoms with E-state index in [1.807, 2.05) is 0 Å². The lowest BCUT2D eigenvalue weighted by molar-refractivity contribution is 0.0350. The van der Waals surface area contributed by atoms with Gasteiger partial charge in [-0.25, -0.2) is 0 Å². The molecule has 2 aliphatic rings. The number of fused-ring (bicyclic) bond motifs is 1. The second kappa shape index (κ2) is 4.63. The van der Waals surface area contributed by atoms with E-state index in [4.69, 9.17) is 5.73 Å². The van der Waals surface area contributed by atoms with Crippen molar-refractivity contribution in [2.75, 3.05) is 20.1 Å². The van der Waals surface area contributed by atoms with Crippen LogP contribution in [0.4, 0.5) is 0 Å². The number of rotatable bonds is 2. The summed E-state index contributed by atoms with van der Waals surface area (Å²) in [6.07, 6.45) is 8.43. The van der Waals surface area contributed by atoms with Gasteiger partial charge in [0, 0.05) is 6.04 Å². The molecule has 0 bridgehead atoms. The van der Waals surface area contributed by atoms with Crippen LogP contribution in [0.1, 0.15) is 38.5 Å². The van der Waals surface area contributed by atoms with Gasteiger partial charge in [-0.2, -0.15) is 0 Å². The summed E-state index contributed by atoms with van der Waals surface area (Å²) in [6, 6.07) is 0.883. The van der Waals surface area contributed by atoms with Gasteiger partial charge < -0.3 is 10.6 Å². The number of nitrogens with two attached hydrogens (primary N) is 1. The first kappa shape index (κ1) is 10.4. The van der Waals surface area contributed by atoms with Gasteiger partial charge in [0.05, 0.1) is 0 Å². The first-order chi connectivity index (χ1) is 6.83. The van der Waals surface area contributed by atoms with Crippen molar-refractivity contribution >= 4 is 0 Å². The van der Waals surface area contributed by atoms with Crippen LogP contribution in [0.5, 0.6) is 0 Å². The molecule has 1 heterocycles. The molecule has 0 radical (unpaired) electrons. The predicted molar refractivity (Wildman–Crippen MR) is 60.2 cm³/mol. The quantitative estimate of drug-likeness (QED) is 0.730. The third-order valence-corrected chi connectivity index (χ3v) is 4.34. The van der Waals surface area contributed by atoms with Crippen molar-refractivity contribution in [1.82, 2.24) is 4.90 Å². The minimum atomic E-state index is 0.883. The lowest BCUT2D eigenvalue weighted by atomic mass is 9.71. The predicted octanol–water partition coefficient (Wildman–Crippen LogP) is 1.85. The molecular formula is C12H24N2. The Bertz CT molecular complexity index is 181. The summed E-state index contributed by atoms with van der Waals surface area (Å²) in [5.74, 6) is 1.90. The summed E-state index contributed by atoms with van der Waals surface area (Å²) in [6.45, 7) is 2.18. The maximum atomic E-state index is 5.70. The van der Waals surface area contributed by atoms with E-state index in [0.29, 0.717) is 0 Å². The molecule has 1 aliphatic heterocycles. The average Bonchev–Trinajstić information content (AvgIpc) is 2.23. The molecule has 2 heteroatoms. The van der Waals surface area contributed by atoms with Gasteiger partial charge >= 0.3 is 0 Å². The highest BCUT2D eigenvalue weighted by molar-refractivity contribution is 4.90. The Labute approximate surface area is 87.8 Å². The van der Waals surface area contributed by atoms with Gasteiger partial charge in [-0.15, -0.1) is 0 Å². The fraction of sp³-hybridized carbons (Fsp3) is 1.00. The largest absolute Gasteiger partial charge is 0.330 e. The Morgan fingerprint density at radius 2 is 2.00 bits per heavy atom. The summed E-state index contributed by atoms with van der Waals surface area (Å²) in [4.78, 5) is 2.59. The van der Waals surface area contributed by atoms with E-state index in [0.717, 1.165) is 24.4 Å². The maximum absolute atomic E-state index is 5.70. The monoisotopic (exact) mass is 196 g/mol. The van der Waals surface area contributed by atoms with E-state index in [2.05, 4.69) is 11.9 Å². The molecule has 0 spiro atoms. The van der Waals surface area contributed by atoms with Gasteiger partial charge in [-0.05, 0) is 57.7 Å². The Hall–Kier alpha value is -0.0800. The molecule has 3 unspecified atom stereocenters. The smallest absolute Gasteiger partial charge is 0.0123 e. The van der Waals surface area contributed by atoms with Crippen molar-refractivity contribution in [1.29, 1.82) is 0 Å². The topological polar surface area (TPSA) is 29.3 Å². The summed E-state index contributed by atoms with van der Waals surface area (Å²) in [5.41, 5.74) is 5.70. The third-order valence-electron chi connectivity index (χ3n) is 4.34. The lowest BCUT2D eigenvalue weighted by Crippen LogP contribution is -2.48. The zero-order valence-corrected chi connectivity index (χ0v) is 9.41. The van der Waals surface area contributed by atoms with E-state index >= 15 is 0 Å². The van der Waals surface area contributed by atoms with E-state index < -0.39 is 0 Å². The van der Waals surface area contributed by atoms with Gasteiger partial charge in [-0.1, -0.05) is 12.8 Å². The van der Waals surface area contributed by atoms with E-state index in [1.165, 1.54) is 45.1 Å². The summed E-state index contributed by atoms with van der Waals surface area (Å²) in [7, 11) is 2.31. The molecule has 14 heavy (non-hydrogen) atoms. The zero-order valence-electron chi connectivity index (χ0n) is 9.41. The maximum Gasteiger partial charge on any atom is 0.0123 e. The Morgan fingerprint density at radius 3 is 2.79 bits per heavy atom. The van der Waals surface area contributed by atoms with Crippen molar-refractivity contribution in [2.24, 2.45) is 17.6 Å². The number of hydrogen-bond donors (Lipinski definition) is 1. The molecule has 1 aliphatic carbocycles. The van der Waals surface area contributed by atoms with Crippen LogP contribution >= 0.6 is 0 Å². The second-order valence-electron chi connectivity index (χ2n) is 5.12. The second-order valence-corrected chi connectivity index (χ2v) is 5.12. The van der Waals surface area contributed by atoms with Gasteiger partial charge in [0.2, 0.25) is 0 Å². The molecule has 2 nitrogen and oxygen atoms in total. The fourth-order valence-electron chi connectivity index (χ4n) is 3.56. The third kappa shape index (κ3) is 1.96. The summed E-state index contributed by atoms with van der Waals surface area (Å²) < 4.78 is 0. The van der Waals surface area contributed by atoms with Crippen molar-refractivity contribution in [2.45, 2.75) is 44.6 Å². The molecule has 2 rings (SSSR count). The molecule has 0 aromatic heterocycles. The average molecular weight is 196 g/mol. The van der Waals surface area contributed by atoms with E-state index in [9.17, 15) is 0 Å². The van der Waals surface area contributed by atoms with E-state index in [-0.39, 0.29) is 0 Å². The minimum Gasteiger partial charge on any atom is -0.330 e. The Balaban J connectivity index is 2.00. The van der Waals surface area contributed by atoms with Gasteiger partial charge in [0.15, 0.2) is 0 Å². The Kier molecular flexibility index (Phi) is 3.45. The highest BCUT2D eigenvalue weighted by Crippen LogP contribution is 2.39. The summed E-state index contributed by atoms with van der Waals surface area (Å²) >= 11 is 0. The Morgan fingerprint density at radius 1 is 1.21 bits per heavy atom. The van der Waals surface area contributed by atoms with E-state index in [1.54, 1.807) is 0 Å². The lowest BCUT2D eigenvalue weighted by Gasteiger charge is -2.46. The van der Waals surface area contributed by atoms with Gasteiger partial charge in [0.1, 0.15) is 0 Å². The number of piperidine rings is 1. The SMILES string of the molecule is CN1CCC(CCN)C2CCCCC21. The van der Waals surface area contributed by atoms with Crippen molar-refractivity contribution in [3.63, 3.8) is 0 Å². The number of likely N-dealkylation sites (tertiary alicyclic amines) is 1. The fourth-order valence-corrected chi connectivity index (χ4v) is 3.56. The first-order valence-corrected chi connectivity index (χ1v) is 6.23. The molecule has 1 saturated heterocycles. The van der Waals surface area contributed by atoms with Gasteiger partial charge in [-0.3, -0.25) is 0 Å². The van der Waals surface area contributed by atoms with Crippen LogP contribution in [0.25, 0.3) is 0 Å². The molecule has 0 aromatic rings.